The number of aryl methyl sites for hydroxylation is 1. The molecule has 1 aromatic heterocycles. The van der Waals surface area contributed by atoms with Gasteiger partial charge in [0.05, 0.1) is 16.7 Å². The van der Waals surface area contributed by atoms with Crippen LogP contribution in [0, 0.1) is 0 Å². The predicted octanol–water partition coefficient (Wildman–Crippen LogP) is 2.61. The van der Waals surface area contributed by atoms with Gasteiger partial charge in [0.2, 0.25) is 5.91 Å². The number of nitrogens with zero attached hydrogens (tertiary/aromatic N) is 1. The number of anilines is 1. The molecule has 0 saturated heterocycles. The average molecular weight is 411 g/mol. The van der Waals surface area contributed by atoms with Crippen molar-refractivity contribution in [2.45, 2.75) is 32.6 Å². The lowest BCUT2D eigenvalue weighted by atomic mass is 9.95. The van der Waals surface area contributed by atoms with Gasteiger partial charge in [-0.3, -0.25) is 24.1 Å². The highest BCUT2D eigenvalue weighted by molar-refractivity contribution is 7.17. The first-order valence-electron chi connectivity index (χ1n) is 9.69. The lowest BCUT2D eigenvalue weighted by molar-refractivity contribution is -0.116. The van der Waals surface area contributed by atoms with E-state index in [0.29, 0.717) is 28.2 Å². The lowest BCUT2D eigenvalue weighted by Gasteiger charge is -2.14. The molecule has 2 N–H and O–H groups in total. The Morgan fingerprint density at radius 2 is 1.72 bits per heavy atom. The van der Waals surface area contributed by atoms with Crippen LogP contribution < -0.4 is 10.6 Å². The number of fused-ring (bicyclic) bond motifs is 2. The van der Waals surface area contributed by atoms with Crippen LogP contribution in [-0.4, -0.2) is 41.6 Å². The van der Waals surface area contributed by atoms with E-state index in [4.69, 9.17) is 0 Å². The van der Waals surface area contributed by atoms with E-state index in [0.717, 1.165) is 41.0 Å². The molecule has 0 spiro atoms. The summed E-state index contributed by atoms with van der Waals surface area (Å²) in [5.74, 6) is -1.66. The first kappa shape index (κ1) is 19.3. The Labute approximate surface area is 172 Å². The molecule has 0 saturated carbocycles. The predicted molar refractivity (Wildman–Crippen MR) is 109 cm³/mol. The second-order valence-electron chi connectivity index (χ2n) is 7.06. The molecular weight excluding hydrogens is 390 g/mol. The van der Waals surface area contributed by atoms with E-state index in [1.165, 1.54) is 11.3 Å². The smallest absolute Gasteiger partial charge is 0.262 e. The molecule has 0 atom stereocenters. The minimum atomic E-state index is -0.497. The van der Waals surface area contributed by atoms with Crippen LogP contribution in [0.2, 0.25) is 0 Å². The van der Waals surface area contributed by atoms with E-state index in [-0.39, 0.29) is 12.5 Å². The Kier molecular flexibility index (Phi) is 5.19. The van der Waals surface area contributed by atoms with Crippen LogP contribution in [0.5, 0.6) is 0 Å². The van der Waals surface area contributed by atoms with Crippen molar-refractivity contribution in [3.05, 3.63) is 51.4 Å². The maximum absolute atomic E-state index is 12.7. The van der Waals surface area contributed by atoms with Gasteiger partial charge in [0.1, 0.15) is 11.5 Å². The monoisotopic (exact) mass is 411 g/mol. The Balaban J connectivity index is 1.55. The normalized spacial score (nSPS) is 15.1. The van der Waals surface area contributed by atoms with Gasteiger partial charge in [0, 0.05) is 11.4 Å². The molecule has 1 aliphatic carbocycles. The minimum absolute atomic E-state index is 0.206. The summed E-state index contributed by atoms with van der Waals surface area (Å²) in [6.07, 6.45) is 3.77. The number of hydrogen-bond acceptors (Lipinski definition) is 5. The van der Waals surface area contributed by atoms with E-state index in [9.17, 15) is 19.2 Å². The zero-order valence-corrected chi connectivity index (χ0v) is 16.9. The first-order valence-corrected chi connectivity index (χ1v) is 10.5. The highest BCUT2D eigenvalue weighted by Crippen LogP contribution is 2.38. The number of carbonyl (C=O) groups is 4. The molecular formula is C21H21N3O4S. The van der Waals surface area contributed by atoms with Gasteiger partial charge in [-0.15, -0.1) is 11.3 Å². The van der Waals surface area contributed by atoms with E-state index >= 15 is 0 Å². The molecule has 150 valence electrons. The van der Waals surface area contributed by atoms with E-state index < -0.39 is 17.7 Å². The van der Waals surface area contributed by atoms with Crippen molar-refractivity contribution in [1.82, 2.24) is 10.2 Å². The molecule has 29 heavy (non-hydrogen) atoms. The maximum atomic E-state index is 12.7. The van der Waals surface area contributed by atoms with Crippen molar-refractivity contribution in [3.8, 4) is 0 Å². The number of amides is 4. The zero-order chi connectivity index (χ0) is 20.5. The number of thiophene rings is 1. The van der Waals surface area contributed by atoms with Crippen molar-refractivity contribution in [1.29, 1.82) is 0 Å². The lowest BCUT2D eigenvalue weighted by Crippen LogP contribution is -2.37. The van der Waals surface area contributed by atoms with Gasteiger partial charge >= 0.3 is 0 Å². The topological polar surface area (TPSA) is 95.6 Å². The van der Waals surface area contributed by atoms with Gasteiger partial charge in [-0.05, 0) is 50.3 Å². The summed E-state index contributed by atoms with van der Waals surface area (Å²) in [7, 11) is 0. The minimum Gasteiger partial charge on any atom is -0.352 e. The number of hydrogen-bond donors (Lipinski definition) is 2. The highest BCUT2D eigenvalue weighted by atomic mass is 32.1. The number of carbonyl (C=O) groups excluding carboxylic acids is 4. The van der Waals surface area contributed by atoms with Crippen molar-refractivity contribution in [3.63, 3.8) is 0 Å². The maximum Gasteiger partial charge on any atom is 0.262 e. The summed E-state index contributed by atoms with van der Waals surface area (Å²) < 4.78 is 0. The Hall–Kier alpha value is -3.00. The summed E-state index contributed by atoms with van der Waals surface area (Å²) in [4.78, 5) is 52.3. The van der Waals surface area contributed by atoms with Gasteiger partial charge < -0.3 is 10.6 Å². The molecule has 1 aliphatic heterocycles. The van der Waals surface area contributed by atoms with Crippen LogP contribution in [0.3, 0.4) is 0 Å². The number of imide groups is 1. The van der Waals surface area contributed by atoms with E-state index in [1.807, 2.05) is 6.92 Å². The zero-order valence-electron chi connectivity index (χ0n) is 16.0. The van der Waals surface area contributed by atoms with Gasteiger partial charge in [-0.25, -0.2) is 0 Å². The summed E-state index contributed by atoms with van der Waals surface area (Å²) in [5.41, 5.74) is 2.13. The molecule has 8 heteroatoms. The third-order valence-electron chi connectivity index (χ3n) is 5.17. The summed E-state index contributed by atoms with van der Waals surface area (Å²) in [6, 6.07) is 6.52. The van der Waals surface area contributed by atoms with Crippen molar-refractivity contribution in [2.75, 3.05) is 18.4 Å². The fourth-order valence-electron chi connectivity index (χ4n) is 3.84. The molecule has 1 aromatic carbocycles. The third-order valence-corrected chi connectivity index (χ3v) is 6.38. The van der Waals surface area contributed by atoms with Crippen LogP contribution in [0.15, 0.2) is 24.3 Å². The largest absolute Gasteiger partial charge is 0.352 e. The van der Waals surface area contributed by atoms with Crippen LogP contribution in [0.1, 0.15) is 61.3 Å². The van der Waals surface area contributed by atoms with Crippen LogP contribution >= 0.6 is 11.3 Å². The van der Waals surface area contributed by atoms with E-state index in [1.54, 1.807) is 24.3 Å². The van der Waals surface area contributed by atoms with Gasteiger partial charge in [0.25, 0.3) is 17.7 Å². The fraction of sp³-hybridized carbons (Fsp3) is 0.333. The van der Waals surface area contributed by atoms with Gasteiger partial charge in [-0.1, -0.05) is 12.1 Å². The van der Waals surface area contributed by atoms with Crippen LogP contribution in [-0.2, 0) is 17.6 Å². The molecule has 0 fully saturated rings. The molecule has 7 nitrogen and oxygen atoms in total. The standard InChI is InChI=1S/C21H21N3O4S/c1-2-22-18(26)17-14-9-5-6-10-15(14)29-19(17)23-16(25)11-24-20(27)12-7-3-4-8-13(12)21(24)28/h3-4,7-8H,2,5-6,9-11H2,1H3,(H,22,26)(H,23,25). The second kappa shape index (κ2) is 7.79. The van der Waals surface area contributed by atoms with Gasteiger partial charge in [-0.2, -0.15) is 0 Å². The summed E-state index contributed by atoms with van der Waals surface area (Å²) in [6.45, 7) is 1.95. The first-order chi connectivity index (χ1) is 14.0. The molecule has 2 aromatic rings. The Morgan fingerprint density at radius 3 is 2.38 bits per heavy atom. The second-order valence-corrected chi connectivity index (χ2v) is 8.17. The van der Waals surface area contributed by atoms with Crippen molar-refractivity contribution >= 4 is 40.0 Å². The Morgan fingerprint density at radius 1 is 1.07 bits per heavy atom. The molecule has 2 aliphatic rings. The fourth-order valence-corrected chi connectivity index (χ4v) is 5.14. The average Bonchev–Trinajstić information content (AvgIpc) is 3.19. The van der Waals surface area contributed by atoms with Crippen molar-refractivity contribution < 1.29 is 19.2 Å². The third kappa shape index (κ3) is 3.44. The SMILES string of the molecule is CCNC(=O)c1c(NC(=O)CN2C(=O)c3ccccc3C2=O)sc2c1CCCC2. The molecule has 4 amide bonds. The number of benzene rings is 1. The van der Waals surface area contributed by atoms with Crippen molar-refractivity contribution in [2.24, 2.45) is 0 Å². The van der Waals surface area contributed by atoms with E-state index in [2.05, 4.69) is 10.6 Å². The molecule has 0 radical (unpaired) electrons. The Bertz CT molecular complexity index is 992. The highest BCUT2D eigenvalue weighted by Gasteiger charge is 2.36. The molecule has 2 heterocycles. The molecule has 0 bridgehead atoms. The quantitative estimate of drug-likeness (QED) is 0.740. The number of nitrogens with one attached hydrogen (secondary N) is 2. The van der Waals surface area contributed by atoms with Crippen LogP contribution in [0.25, 0.3) is 0 Å². The molecule has 0 unspecified atom stereocenters. The summed E-state index contributed by atoms with van der Waals surface area (Å²) >= 11 is 1.41. The number of rotatable bonds is 5. The van der Waals surface area contributed by atoms with Crippen LogP contribution in [0.4, 0.5) is 5.00 Å². The summed E-state index contributed by atoms with van der Waals surface area (Å²) in [5, 5.41) is 6.07. The molecule has 4 rings (SSSR count). The van der Waals surface area contributed by atoms with Gasteiger partial charge in [0.15, 0.2) is 0 Å².